The Morgan fingerprint density at radius 2 is 2.23 bits per heavy atom. The van der Waals surface area contributed by atoms with Gasteiger partial charge in [-0.15, -0.1) is 0 Å². The first kappa shape index (κ1) is 9.88. The van der Waals surface area contributed by atoms with Crippen LogP contribution in [0, 0.1) is 0 Å². The van der Waals surface area contributed by atoms with E-state index in [1.165, 1.54) is 6.08 Å². The van der Waals surface area contributed by atoms with Crippen LogP contribution < -0.4 is 5.73 Å². The van der Waals surface area contributed by atoms with Crippen molar-refractivity contribution in [2.75, 3.05) is 13.1 Å². The summed E-state index contributed by atoms with van der Waals surface area (Å²) in [5.41, 5.74) is 5.10. The summed E-state index contributed by atoms with van der Waals surface area (Å²) in [5, 5.41) is 0. The minimum Gasteiger partial charge on any atom is -0.351 e. The molecule has 0 spiro atoms. The van der Waals surface area contributed by atoms with Crippen LogP contribution in [0.5, 0.6) is 0 Å². The molecule has 13 heavy (non-hydrogen) atoms. The molecule has 2 N–H and O–H groups in total. The van der Waals surface area contributed by atoms with Gasteiger partial charge in [0.15, 0.2) is 0 Å². The molecule has 0 atom stereocenters. The van der Waals surface area contributed by atoms with Crippen LogP contribution in [0.2, 0.25) is 0 Å². The molecule has 1 aliphatic heterocycles. The zero-order chi connectivity index (χ0) is 10.1. The van der Waals surface area contributed by atoms with Gasteiger partial charge >= 0.3 is 12.2 Å². The van der Waals surface area contributed by atoms with E-state index in [9.17, 15) is 18.0 Å². The molecule has 2 amide bonds. The average molecular weight is 194 g/mol. The number of hydrogen-bond donors (Lipinski definition) is 1. The molecule has 0 aliphatic carbocycles. The highest BCUT2D eigenvalue weighted by Gasteiger charge is 2.31. The number of amides is 2. The average Bonchev–Trinajstić information content (AvgIpc) is 2.31. The first-order valence-electron chi connectivity index (χ1n) is 3.67. The Labute approximate surface area is 73.0 Å². The lowest BCUT2D eigenvalue weighted by molar-refractivity contribution is -0.127. The largest absolute Gasteiger partial charge is 0.392 e. The molecule has 6 heteroatoms. The van der Waals surface area contributed by atoms with Crippen molar-refractivity contribution in [3.8, 4) is 0 Å². The summed E-state index contributed by atoms with van der Waals surface area (Å²) >= 11 is 0. The van der Waals surface area contributed by atoms with E-state index in [2.05, 4.69) is 0 Å². The fraction of sp³-hybridized carbons (Fsp3) is 0.571. The minimum atomic E-state index is -4.21. The van der Waals surface area contributed by atoms with Gasteiger partial charge in [-0.25, -0.2) is 4.79 Å². The van der Waals surface area contributed by atoms with Crippen molar-refractivity contribution in [3.63, 3.8) is 0 Å². The topological polar surface area (TPSA) is 46.3 Å². The third kappa shape index (κ3) is 2.96. The maximum Gasteiger partial charge on any atom is 0.392 e. The number of hydrogen-bond acceptors (Lipinski definition) is 1. The lowest BCUT2D eigenvalue weighted by Gasteiger charge is -2.13. The van der Waals surface area contributed by atoms with Gasteiger partial charge in [-0.3, -0.25) is 0 Å². The monoisotopic (exact) mass is 194 g/mol. The fourth-order valence-electron chi connectivity index (χ4n) is 1.17. The van der Waals surface area contributed by atoms with Gasteiger partial charge in [-0.05, 0) is 5.57 Å². The van der Waals surface area contributed by atoms with Crippen molar-refractivity contribution >= 4 is 6.03 Å². The van der Waals surface area contributed by atoms with Crippen LogP contribution in [0.4, 0.5) is 18.0 Å². The second-order valence-electron chi connectivity index (χ2n) is 2.87. The van der Waals surface area contributed by atoms with Crippen molar-refractivity contribution in [1.29, 1.82) is 0 Å². The van der Waals surface area contributed by atoms with Gasteiger partial charge in [-0.1, -0.05) is 6.08 Å². The van der Waals surface area contributed by atoms with E-state index in [1.54, 1.807) is 0 Å². The predicted molar refractivity (Wildman–Crippen MR) is 39.9 cm³/mol. The molecule has 0 aromatic rings. The van der Waals surface area contributed by atoms with Crippen LogP contribution in [0.1, 0.15) is 6.42 Å². The molecule has 3 nitrogen and oxygen atoms in total. The maximum absolute atomic E-state index is 11.9. The fourth-order valence-corrected chi connectivity index (χ4v) is 1.17. The van der Waals surface area contributed by atoms with Crippen LogP contribution in [0.15, 0.2) is 11.6 Å². The molecule has 0 fully saturated rings. The number of primary amides is 1. The van der Waals surface area contributed by atoms with Gasteiger partial charge in [0.25, 0.3) is 0 Å². The maximum atomic E-state index is 11.9. The number of carbonyl (C=O) groups excluding carboxylic acids is 1. The van der Waals surface area contributed by atoms with Crippen LogP contribution in [-0.2, 0) is 0 Å². The van der Waals surface area contributed by atoms with E-state index in [-0.39, 0.29) is 18.7 Å². The summed E-state index contributed by atoms with van der Waals surface area (Å²) in [6.45, 7) is 0.176. The highest BCUT2D eigenvalue weighted by atomic mass is 19.4. The van der Waals surface area contributed by atoms with Crippen LogP contribution >= 0.6 is 0 Å². The Balaban J connectivity index is 2.45. The Morgan fingerprint density at radius 3 is 2.62 bits per heavy atom. The molecule has 1 heterocycles. The second kappa shape index (κ2) is 3.27. The van der Waals surface area contributed by atoms with Crippen molar-refractivity contribution in [3.05, 3.63) is 11.6 Å². The molecule has 0 aromatic heterocycles. The van der Waals surface area contributed by atoms with E-state index in [1.807, 2.05) is 0 Å². The van der Waals surface area contributed by atoms with E-state index >= 15 is 0 Å². The van der Waals surface area contributed by atoms with Crippen molar-refractivity contribution in [1.82, 2.24) is 4.90 Å². The molecular formula is C7H9F3N2O. The zero-order valence-electron chi connectivity index (χ0n) is 6.77. The highest BCUT2D eigenvalue weighted by molar-refractivity contribution is 5.73. The normalized spacial score (nSPS) is 17.5. The van der Waals surface area contributed by atoms with Gasteiger partial charge in [0.1, 0.15) is 0 Å². The van der Waals surface area contributed by atoms with Crippen LogP contribution in [0.3, 0.4) is 0 Å². The molecule has 1 rings (SSSR count). The summed E-state index contributed by atoms with van der Waals surface area (Å²) in [4.78, 5) is 11.7. The number of nitrogens with two attached hydrogens (primary N) is 1. The third-order valence-electron chi connectivity index (χ3n) is 1.73. The van der Waals surface area contributed by atoms with Crippen LogP contribution in [-0.4, -0.2) is 30.2 Å². The number of halogens is 3. The molecule has 0 unspecified atom stereocenters. The number of rotatable bonds is 1. The number of urea groups is 1. The van der Waals surface area contributed by atoms with Gasteiger partial charge in [-0.2, -0.15) is 13.2 Å². The summed E-state index contributed by atoms with van der Waals surface area (Å²) in [7, 11) is 0. The molecular weight excluding hydrogens is 185 g/mol. The first-order chi connectivity index (χ1) is 5.88. The second-order valence-corrected chi connectivity index (χ2v) is 2.87. The van der Waals surface area contributed by atoms with Gasteiger partial charge in [0.05, 0.1) is 6.42 Å². The number of carbonyl (C=O) groups is 1. The van der Waals surface area contributed by atoms with E-state index in [4.69, 9.17) is 5.73 Å². The Bertz CT molecular complexity index is 247. The van der Waals surface area contributed by atoms with E-state index in [0.29, 0.717) is 0 Å². The molecule has 1 aliphatic rings. The molecule has 0 saturated heterocycles. The molecule has 0 aromatic carbocycles. The SMILES string of the molecule is NC(=O)N1CC=C(CC(F)(F)F)C1. The number of alkyl halides is 3. The van der Waals surface area contributed by atoms with E-state index < -0.39 is 18.6 Å². The first-order valence-corrected chi connectivity index (χ1v) is 3.67. The summed E-state index contributed by atoms with van der Waals surface area (Å²) in [6.07, 6.45) is -3.78. The van der Waals surface area contributed by atoms with Gasteiger partial charge in [0.2, 0.25) is 0 Å². The smallest absolute Gasteiger partial charge is 0.351 e. The summed E-state index contributed by atoms with van der Waals surface area (Å²) in [6, 6.07) is -0.687. The predicted octanol–water partition coefficient (Wildman–Crippen LogP) is 1.26. The minimum absolute atomic E-state index is 0.00512. The summed E-state index contributed by atoms with van der Waals surface area (Å²) in [5.74, 6) is 0. The standard InChI is InChI=1S/C7H9F3N2O/c8-7(9,10)3-5-1-2-12(4-5)6(11)13/h1H,2-4H2,(H2,11,13). The molecule has 74 valence electrons. The van der Waals surface area contributed by atoms with Crippen LogP contribution in [0.25, 0.3) is 0 Å². The van der Waals surface area contributed by atoms with E-state index in [0.717, 1.165) is 4.90 Å². The van der Waals surface area contributed by atoms with Crippen molar-refractivity contribution in [2.24, 2.45) is 5.73 Å². The zero-order valence-corrected chi connectivity index (χ0v) is 6.77. The van der Waals surface area contributed by atoms with Crippen molar-refractivity contribution < 1.29 is 18.0 Å². The molecule has 0 saturated carbocycles. The van der Waals surface area contributed by atoms with Gasteiger partial charge < -0.3 is 10.6 Å². The lowest BCUT2D eigenvalue weighted by atomic mass is 10.2. The number of nitrogens with zero attached hydrogens (tertiary/aromatic N) is 1. The Kier molecular flexibility index (Phi) is 2.49. The Morgan fingerprint density at radius 1 is 1.62 bits per heavy atom. The third-order valence-corrected chi connectivity index (χ3v) is 1.73. The lowest BCUT2D eigenvalue weighted by Crippen LogP contribution is -2.34. The molecule has 0 bridgehead atoms. The van der Waals surface area contributed by atoms with Crippen molar-refractivity contribution in [2.45, 2.75) is 12.6 Å². The summed E-state index contributed by atoms with van der Waals surface area (Å²) < 4.78 is 35.6. The van der Waals surface area contributed by atoms with Gasteiger partial charge in [0, 0.05) is 13.1 Å². The quantitative estimate of drug-likeness (QED) is 0.627. The highest BCUT2D eigenvalue weighted by Crippen LogP contribution is 2.26. The molecule has 0 radical (unpaired) electrons. The Hall–Kier alpha value is -1.20.